The summed E-state index contributed by atoms with van der Waals surface area (Å²) in [6.45, 7) is 7.52. The molecule has 0 saturated carbocycles. The van der Waals surface area contributed by atoms with Crippen LogP contribution >= 0.6 is 0 Å². The number of imide groups is 1. The summed E-state index contributed by atoms with van der Waals surface area (Å²) < 4.78 is 13.4. The largest absolute Gasteiger partial charge is 0.492 e. The molecule has 1 atom stereocenters. The molecule has 2 N–H and O–H groups in total. The van der Waals surface area contributed by atoms with Crippen LogP contribution in [0.1, 0.15) is 58.2 Å². The Bertz CT molecular complexity index is 1560. The Morgan fingerprint density at radius 3 is 2.64 bits per heavy atom. The average molecular weight is 604 g/mol. The van der Waals surface area contributed by atoms with Crippen molar-refractivity contribution in [3.63, 3.8) is 0 Å². The minimum absolute atomic E-state index is 0.225. The molecule has 0 bridgehead atoms. The van der Waals surface area contributed by atoms with Crippen molar-refractivity contribution in [1.82, 2.24) is 25.2 Å². The highest BCUT2D eigenvalue weighted by Gasteiger charge is 2.34. The fraction of sp³-hybridized carbons (Fsp3) is 0.375. The second kappa shape index (κ2) is 13.7. The van der Waals surface area contributed by atoms with Crippen molar-refractivity contribution in [3.05, 3.63) is 77.5 Å². The van der Waals surface area contributed by atoms with Crippen LogP contribution in [-0.4, -0.2) is 77.8 Å². The second-order valence-corrected chi connectivity index (χ2v) is 10.6. The topological polar surface area (TPSA) is 131 Å². The van der Waals surface area contributed by atoms with Gasteiger partial charge in [0.2, 0.25) is 5.91 Å². The Kier molecular flexibility index (Phi) is 9.61. The average Bonchev–Trinajstić information content (AvgIpc) is 3.30. The van der Waals surface area contributed by atoms with Crippen molar-refractivity contribution in [1.29, 1.82) is 0 Å². The van der Waals surface area contributed by atoms with E-state index in [9.17, 15) is 19.2 Å². The van der Waals surface area contributed by atoms with Gasteiger partial charge in [0.1, 0.15) is 12.4 Å². The first-order chi connectivity index (χ1) is 21.3. The van der Waals surface area contributed by atoms with Crippen LogP contribution in [0, 0.1) is 0 Å². The molecular formula is C32H37N5O7. The Morgan fingerprint density at radius 1 is 1.14 bits per heavy atom. The molecule has 12 nitrogen and oxygen atoms in total. The highest BCUT2D eigenvalue weighted by molar-refractivity contribution is 6.14. The van der Waals surface area contributed by atoms with Gasteiger partial charge in [0.25, 0.3) is 11.8 Å². The molecule has 5 amide bonds. The molecule has 12 heteroatoms. The molecule has 1 unspecified atom stereocenters. The normalized spacial score (nSPS) is 16.8. The Morgan fingerprint density at radius 2 is 1.93 bits per heavy atom. The molecule has 0 spiro atoms. The van der Waals surface area contributed by atoms with E-state index in [4.69, 9.17) is 14.3 Å². The van der Waals surface area contributed by atoms with Crippen molar-refractivity contribution in [2.45, 2.75) is 45.6 Å². The minimum atomic E-state index is -0.440. The van der Waals surface area contributed by atoms with Crippen molar-refractivity contribution >= 4 is 34.7 Å². The van der Waals surface area contributed by atoms with E-state index in [0.717, 1.165) is 35.2 Å². The number of hydrogen-bond donors (Lipinski definition) is 2. The molecule has 232 valence electrons. The van der Waals surface area contributed by atoms with Crippen LogP contribution in [0.5, 0.6) is 5.75 Å². The fourth-order valence-corrected chi connectivity index (χ4v) is 5.36. The number of nitrogens with zero attached hydrogens (tertiary/aromatic N) is 3. The highest BCUT2D eigenvalue weighted by Crippen LogP contribution is 2.34. The molecule has 1 saturated heterocycles. The molecule has 1 aromatic heterocycles. The number of urea groups is 1. The number of benzene rings is 2. The van der Waals surface area contributed by atoms with Crippen LogP contribution in [-0.2, 0) is 27.5 Å². The number of nitrogens with one attached hydrogen (secondary N) is 2. The van der Waals surface area contributed by atoms with E-state index in [1.165, 1.54) is 13.1 Å². The zero-order chi connectivity index (χ0) is 31.2. The van der Waals surface area contributed by atoms with Crippen molar-refractivity contribution < 1.29 is 33.5 Å². The van der Waals surface area contributed by atoms with Crippen molar-refractivity contribution in [3.8, 4) is 5.75 Å². The standard InChI is InChI=1S/C32H37N5O7/c1-4-27(38)33-15-17-42-23-13-14-25-24(18-23)29-26(20-36(5-2)32(41)35(3)31(29)40)37(25)19-21-9-11-22(12-10-21)30(39)34-44-28-8-6-7-16-43-28/h4,9-14,18,28H,1,5-8,15-17,19-20H2,2-3H3,(H,33,38)(H,34,39). The maximum atomic E-state index is 13.7. The van der Waals surface area contributed by atoms with Gasteiger partial charge in [0.05, 0.1) is 24.3 Å². The van der Waals surface area contributed by atoms with Crippen LogP contribution in [0.15, 0.2) is 55.1 Å². The molecule has 0 aliphatic carbocycles. The lowest BCUT2D eigenvalue weighted by Gasteiger charge is -2.23. The number of carbonyl (C=O) groups is 4. The number of ether oxygens (including phenoxy) is 2. The first-order valence-corrected chi connectivity index (χ1v) is 14.7. The van der Waals surface area contributed by atoms with Gasteiger partial charge in [-0.3, -0.25) is 19.3 Å². The van der Waals surface area contributed by atoms with Crippen LogP contribution < -0.4 is 15.5 Å². The molecule has 3 aromatic rings. The van der Waals surface area contributed by atoms with E-state index in [0.29, 0.717) is 47.7 Å². The number of hydroxylamine groups is 1. The monoisotopic (exact) mass is 603 g/mol. The lowest BCUT2D eigenvalue weighted by molar-refractivity contribution is -0.186. The van der Waals surface area contributed by atoms with E-state index in [1.807, 2.05) is 35.8 Å². The van der Waals surface area contributed by atoms with E-state index in [-0.39, 0.29) is 37.5 Å². The van der Waals surface area contributed by atoms with Gasteiger partial charge < -0.3 is 24.3 Å². The third kappa shape index (κ3) is 6.61. The summed E-state index contributed by atoms with van der Waals surface area (Å²) >= 11 is 0. The van der Waals surface area contributed by atoms with Gasteiger partial charge >= 0.3 is 6.03 Å². The Balaban J connectivity index is 1.41. The molecular weight excluding hydrogens is 566 g/mol. The highest BCUT2D eigenvalue weighted by atomic mass is 16.8. The van der Waals surface area contributed by atoms with Gasteiger partial charge in [0.15, 0.2) is 6.29 Å². The fourth-order valence-electron chi connectivity index (χ4n) is 5.36. The van der Waals surface area contributed by atoms with Gasteiger partial charge in [0, 0.05) is 49.6 Å². The lowest BCUT2D eigenvalue weighted by atomic mass is 10.1. The maximum Gasteiger partial charge on any atom is 0.327 e. The first-order valence-electron chi connectivity index (χ1n) is 14.7. The molecule has 3 heterocycles. The summed E-state index contributed by atoms with van der Waals surface area (Å²) in [4.78, 5) is 59.0. The number of carbonyl (C=O) groups excluding carboxylic acids is 4. The predicted molar refractivity (Wildman–Crippen MR) is 162 cm³/mol. The molecule has 44 heavy (non-hydrogen) atoms. The zero-order valence-electron chi connectivity index (χ0n) is 25.0. The van der Waals surface area contributed by atoms with Crippen LogP contribution in [0.4, 0.5) is 4.79 Å². The van der Waals surface area contributed by atoms with E-state index in [2.05, 4.69) is 17.4 Å². The third-order valence-corrected chi connectivity index (χ3v) is 7.77. The van der Waals surface area contributed by atoms with Crippen LogP contribution in [0.2, 0.25) is 0 Å². The first kappa shape index (κ1) is 30.8. The summed E-state index contributed by atoms with van der Waals surface area (Å²) in [5.74, 6) is -0.524. The lowest BCUT2D eigenvalue weighted by Crippen LogP contribution is -2.41. The molecule has 2 aliphatic rings. The number of amides is 5. The number of aromatic nitrogens is 1. The Hall–Kier alpha value is -4.68. The van der Waals surface area contributed by atoms with Gasteiger partial charge in [-0.1, -0.05) is 18.7 Å². The van der Waals surface area contributed by atoms with Crippen LogP contribution in [0.25, 0.3) is 10.9 Å². The van der Waals surface area contributed by atoms with Crippen LogP contribution in [0.3, 0.4) is 0 Å². The number of fused-ring (bicyclic) bond motifs is 3. The predicted octanol–water partition coefficient (Wildman–Crippen LogP) is 3.59. The second-order valence-electron chi connectivity index (χ2n) is 10.6. The molecule has 0 radical (unpaired) electrons. The van der Waals surface area contributed by atoms with Crippen molar-refractivity contribution in [2.24, 2.45) is 0 Å². The number of hydrogen-bond acceptors (Lipinski definition) is 7. The summed E-state index contributed by atoms with van der Waals surface area (Å²) in [6.07, 6.45) is 3.46. The number of rotatable bonds is 11. The summed E-state index contributed by atoms with van der Waals surface area (Å²) in [5.41, 5.74) is 5.77. The minimum Gasteiger partial charge on any atom is -0.492 e. The molecule has 2 aliphatic heterocycles. The molecule has 2 aromatic carbocycles. The SMILES string of the molecule is C=CC(=O)NCCOc1ccc2c(c1)c1c(n2Cc2ccc(C(=O)NOC3CCCCO3)cc2)CN(CC)C(=O)N(C)C1=O. The zero-order valence-corrected chi connectivity index (χ0v) is 25.0. The molecule has 1 fully saturated rings. The van der Waals surface area contributed by atoms with E-state index < -0.39 is 12.2 Å². The molecule has 5 rings (SSSR count). The summed E-state index contributed by atoms with van der Waals surface area (Å²) in [7, 11) is 1.49. The Labute approximate surface area is 255 Å². The maximum absolute atomic E-state index is 13.7. The van der Waals surface area contributed by atoms with Crippen molar-refractivity contribution in [2.75, 3.05) is 33.4 Å². The van der Waals surface area contributed by atoms with Gasteiger partial charge in [-0.05, 0) is 61.7 Å². The smallest absolute Gasteiger partial charge is 0.327 e. The van der Waals surface area contributed by atoms with Gasteiger partial charge in [-0.25, -0.2) is 15.1 Å². The summed E-state index contributed by atoms with van der Waals surface area (Å²) in [6, 6.07) is 12.3. The quantitative estimate of drug-likeness (QED) is 0.195. The van der Waals surface area contributed by atoms with Gasteiger partial charge in [-0.15, -0.1) is 0 Å². The van der Waals surface area contributed by atoms with E-state index >= 15 is 0 Å². The van der Waals surface area contributed by atoms with Gasteiger partial charge in [-0.2, -0.15) is 0 Å². The third-order valence-electron chi connectivity index (χ3n) is 7.77. The summed E-state index contributed by atoms with van der Waals surface area (Å²) in [5, 5.41) is 3.32. The van der Waals surface area contributed by atoms with E-state index in [1.54, 1.807) is 23.1 Å².